The van der Waals surface area contributed by atoms with Crippen LogP contribution >= 0.6 is 0 Å². The Labute approximate surface area is 103 Å². The Morgan fingerprint density at radius 2 is 1.89 bits per heavy atom. The fourth-order valence-electron chi connectivity index (χ4n) is 1.31. The second-order valence-corrected chi connectivity index (χ2v) is 3.78. The van der Waals surface area contributed by atoms with E-state index < -0.39 is 12.6 Å². The number of alkyl halides is 3. The Morgan fingerprint density at radius 3 is 2.39 bits per heavy atom. The van der Waals surface area contributed by atoms with E-state index in [2.05, 4.69) is 5.16 Å². The van der Waals surface area contributed by atoms with Crippen LogP contribution in [0, 0.1) is 0 Å². The molecular weight excluding hydrogens is 247 g/mol. The highest BCUT2D eigenvalue weighted by atomic mass is 19.4. The second kappa shape index (κ2) is 6.28. The number of ether oxygens (including phenoxy) is 1. The predicted molar refractivity (Wildman–Crippen MR) is 61.2 cm³/mol. The Hall–Kier alpha value is -1.72. The van der Waals surface area contributed by atoms with Crippen LogP contribution in [0.5, 0.6) is 5.75 Å². The van der Waals surface area contributed by atoms with Crippen LogP contribution in [0.2, 0.25) is 0 Å². The van der Waals surface area contributed by atoms with E-state index in [4.69, 9.17) is 9.94 Å². The van der Waals surface area contributed by atoms with Gasteiger partial charge in [-0.05, 0) is 43.2 Å². The number of hydrogen-bond donors (Lipinski definition) is 1. The van der Waals surface area contributed by atoms with Crippen molar-refractivity contribution in [1.82, 2.24) is 0 Å². The lowest BCUT2D eigenvalue weighted by Gasteiger charge is -2.08. The first-order chi connectivity index (χ1) is 8.42. The van der Waals surface area contributed by atoms with Crippen molar-refractivity contribution in [2.75, 3.05) is 6.61 Å². The van der Waals surface area contributed by atoms with Crippen molar-refractivity contribution in [2.24, 2.45) is 5.16 Å². The fourth-order valence-corrected chi connectivity index (χ4v) is 1.31. The molecule has 0 heterocycles. The van der Waals surface area contributed by atoms with Crippen molar-refractivity contribution < 1.29 is 23.1 Å². The van der Waals surface area contributed by atoms with Gasteiger partial charge >= 0.3 is 6.18 Å². The molecule has 0 aliphatic carbocycles. The molecule has 0 spiro atoms. The van der Waals surface area contributed by atoms with Crippen LogP contribution in [0.3, 0.4) is 0 Å². The molecule has 0 radical (unpaired) electrons. The fraction of sp³-hybridized carbons (Fsp3) is 0.417. The zero-order valence-corrected chi connectivity index (χ0v) is 9.87. The van der Waals surface area contributed by atoms with Gasteiger partial charge in [0.15, 0.2) is 0 Å². The molecular formula is C12H14F3NO2. The lowest BCUT2D eigenvalue weighted by molar-refractivity contribution is -0.136. The molecule has 0 aromatic heterocycles. The van der Waals surface area contributed by atoms with E-state index in [-0.39, 0.29) is 13.0 Å². The molecule has 0 unspecified atom stereocenters. The lowest BCUT2D eigenvalue weighted by Crippen LogP contribution is -2.09. The van der Waals surface area contributed by atoms with Crippen molar-refractivity contribution in [3.05, 3.63) is 29.8 Å². The highest BCUT2D eigenvalue weighted by Crippen LogP contribution is 2.21. The molecule has 0 bridgehead atoms. The van der Waals surface area contributed by atoms with Gasteiger partial charge < -0.3 is 9.94 Å². The second-order valence-electron chi connectivity index (χ2n) is 3.78. The molecule has 0 saturated heterocycles. The molecule has 1 aromatic rings. The minimum Gasteiger partial charge on any atom is -0.494 e. The maximum absolute atomic E-state index is 11.9. The van der Waals surface area contributed by atoms with Crippen molar-refractivity contribution in [2.45, 2.75) is 25.9 Å². The van der Waals surface area contributed by atoms with Gasteiger partial charge in [-0.3, -0.25) is 0 Å². The number of oxime groups is 1. The normalized spacial score (nSPS) is 12.6. The summed E-state index contributed by atoms with van der Waals surface area (Å²) in [5.41, 5.74) is 1.18. The van der Waals surface area contributed by atoms with Crippen LogP contribution in [0.15, 0.2) is 29.4 Å². The molecule has 0 aliphatic heterocycles. The highest BCUT2D eigenvalue weighted by Gasteiger charge is 2.26. The molecule has 0 aliphatic rings. The summed E-state index contributed by atoms with van der Waals surface area (Å²) >= 11 is 0. The average molecular weight is 261 g/mol. The molecule has 0 saturated carbocycles. The summed E-state index contributed by atoms with van der Waals surface area (Å²) in [4.78, 5) is 0. The van der Waals surface area contributed by atoms with E-state index >= 15 is 0 Å². The average Bonchev–Trinajstić information content (AvgIpc) is 2.33. The van der Waals surface area contributed by atoms with E-state index in [0.29, 0.717) is 11.5 Å². The van der Waals surface area contributed by atoms with Crippen LogP contribution in [0.4, 0.5) is 13.2 Å². The van der Waals surface area contributed by atoms with Gasteiger partial charge in [-0.2, -0.15) is 13.2 Å². The molecule has 6 heteroatoms. The molecule has 0 amide bonds. The number of benzene rings is 1. The van der Waals surface area contributed by atoms with Gasteiger partial charge in [0, 0.05) is 6.42 Å². The molecule has 1 N–H and O–H groups in total. The first-order valence-electron chi connectivity index (χ1n) is 5.41. The predicted octanol–water partition coefficient (Wildman–Crippen LogP) is 3.61. The Morgan fingerprint density at radius 1 is 1.28 bits per heavy atom. The van der Waals surface area contributed by atoms with E-state index in [1.165, 1.54) is 0 Å². The van der Waals surface area contributed by atoms with Crippen molar-refractivity contribution >= 4 is 5.71 Å². The van der Waals surface area contributed by atoms with Crippen LogP contribution in [-0.2, 0) is 0 Å². The quantitative estimate of drug-likeness (QED) is 0.381. The number of nitrogens with zero attached hydrogens (tertiary/aromatic N) is 1. The molecule has 1 rings (SSSR count). The monoisotopic (exact) mass is 261 g/mol. The highest BCUT2D eigenvalue weighted by molar-refractivity contribution is 5.98. The van der Waals surface area contributed by atoms with Crippen molar-refractivity contribution in [1.29, 1.82) is 0 Å². The van der Waals surface area contributed by atoms with Gasteiger partial charge in [0.25, 0.3) is 0 Å². The maximum Gasteiger partial charge on any atom is 0.389 e. The van der Waals surface area contributed by atoms with Crippen molar-refractivity contribution in [3.63, 3.8) is 0 Å². The Bertz CT molecular complexity index is 399. The molecule has 18 heavy (non-hydrogen) atoms. The minimum absolute atomic E-state index is 0.0198. The van der Waals surface area contributed by atoms with Gasteiger partial charge in [-0.1, -0.05) is 5.16 Å². The van der Waals surface area contributed by atoms with Crippen molar-refractivity contribution in [3.8, 4) is 5.75 Å². The molecule has 0 fully saturated rings. The number of rotatable bonds is 5. The van der Waals surface area contributed by atoms with Crippen LogP contribution in [-0.4, -0.2) is 23.7 Å². The van der Waals surface area contributed by atoms with Gasteiger partial charge in [0.05, 0.1) is 12.3 Å². The minimum atomic E-state index is -4.14. The molecule has 100 valence electrons. The summed E-state index contributed by atoms with van der Waals surface area (Å²) in [5, 5.41) is 11.6. The van der Waals surface area contributed by atoms with Gasteiger partial charge in [0.2, 0.25) is 0 Å². The largest absolute Gasteiger partial charge is 0.494 e. The van der Waals surface area contributed by atoms with E-state index in [0.717, 1.165) is 5.56 Å². The zero-order valence-electron chi connectivity index (χ0n) is 9.87. The van der Waals surface area contributed by atoms with E-state index in [1.807, 2.05) is 0 Å². The summed E-state index contributed by atoms with van der Waals surface area (Å²) in [6.45, 7) is 1.66. The van der Waals surface area contributed by atoms with Gasteiger partial charge in [-0.25, -0.2) is 0 Å². The Kier molecular flexibility index (Phi) is 5.00. The van der Waals surface area contributed by atoms with E-state index in [9.17, 15) is 13.2 Å². The Balaban J connectivity index is 2.40. The van der Waals surface area contributed by atoms with Crippen LogP contribution < -0.4 is 4.74 Å². The topological polar surface area (TPSA) is 41.8 Å². The van der Waals surface area contributed by atoms with Crippen LogP contribution in [0.1, 0.15) is 25.3 Å². The third-order valence-corrected chi connectivity index (χ3v) is 2.30. The summed E-state index contributed by atoms with van der Waals surface area (Å²) in [5.74, 6) is 0.492. The first-order valence-corrected chi connectivity index (χ1v) is 5.41. The van der Waals surface area contributed by atoms with E-state index in [1.54, 1.807) is 31.2 Å². The SMILES string of the molecule is C/C(=N/O)c1ccc(OCCCC(F)(F)F)cc1. The molecule has 1 aromatic carbocycles. The third kappa shape index (κ3) is 5.07. The molecule has 3 nitrogen and oxygen atoms in total. The first kappa shape index (κ1) is 14.3. The number of hydrogen-bond acceptors (Lipinski definition) is 3. The number of halogens is 3. The summed E-state index contributed by atoms with van der Waals surface area (Å²) in [6.07, 6.45) is -5.05. The van der Waals surface area contributed by atoms with Gasteiger partial charge in [0.1, 0.15) is 5.75 Å². The smallest absolute Gasteiger partial charge is 0.389 e. The third-order valence-electron chi connectivity index (χ3n) is 2.30. The summed E-state index contributed by atoms with van der Waals surface area (Å²) < 4.78 is 40.8. The lowest BCUT2D eigenvalue weighted by atomic mass is 10.1. The zero-order chi connectivity index (χ0) is 13.6. The standard InChI is InChI=1S/C12H14F3NO2/c1-9(16-17)10-3-5-11(6-4-10)18-8-2-7-12(13,14)15/h3-6,17H,2,7-8H2,1H3/b16-9-. The van der Waals surface area contributed by atoms with Crippen LogP contribution in [0.25, 0.3) is 0 Å². The summed E-state index contributed by atoms with van der Waals surface area (Å²) in [6, 6.07) is 6.59. The maximum atomic E-state index is 11.9. The summed E-state index contributed by atoms with van der Waals surface area (Å²) in [7, 11) is 0. The van der Waals surface area contributed by atoms with Gasteiger partial charge in [-0.15, -0.1) is 0 Å². The molecule has 0 atom stereocenters.